The first-order chi connectivity index (χ1) is 7.83. The first kappa shape index (κ1) is 12.1. The Hall–Kier alpha value is -0.380. The molecular formula is C13H22N2S. The van der Waals surface area contributed by atoms with Gasteiger partial charge in [-0.1, -0.05) is 6.42 Å². The van der Waals surface area contributed by atoms with Crippen LogP contribution in [0.25, 0.3) is 0 Å². The highest BCUT2D eigenvalue weighted by molar-refractivity contribution is 7.07. The van der Waals surface area contributed by atoms with Gasteiger partial charge in [-0.15, -0.1) is 0 Å². The Kier molecular flexibility index (Phi) is 4.38. The molecule has 2 heterocycles. The van der Waals surface area contributed by atoms with Gasteiger partial charge in [0, 0.05) is 18.6 Å². The number of piperidine rings is 1. The molecular weight excluding hydrogens is 216 g/mol. The van der Waals surface area contributed by atoms with Crippen LogP contribution in [0.1, 0.15) is 37.8 Å². The van der Waals surface area contributed by atoms with Crippen LogP contribution in [0.5, 0.6) is 0 Å². The maximum Gasteiger partial charge on any atom is 0.0331 e. The third-order valence-electron chi connectivity index (χ3n) is 3.64. The molecule has 1 aromatic heterocycles. The van der Waals surface area contributed by atoms with E-state index in [1.54, 1.807) is 11.3 Å². The van der Waals surface area contributed by atoms with Gasteiger partial charge in [0.05, 0.1) is 0 Å². The summed E-state index contributed by atoms with van der Waals surface area (Å²) in [6.45, 7) is 4.72. The van der Waals surface area contributed by atoms with E-state index in [2.05, 4.69) is 41.0 Å². The predicted molar refractivity (Wildman–Crippen MR) is 71.0 cm³/mol. The molecule has 1 aliphatic heterocycles. The Bertz CT molecular complexity index is 295. The second-order valence-corrected chi connectivity index (χ2v) is 5.46. The lowest BCUT2D eigenvalue weighted by Crippen LogP contribution is -2.45. The molecule has 2 unspecified atom stereocenters. The quantitative estimate of drug-likeness (QED) is 0.867. The second kappa shape index (κ2) is 5.80. The largest absolute Gasteiger partial charge is 0.318 e. The van der Waals surface area contributed by atoms with E-state index in [1.165, 1.54) is 31.4 Å². The fourth-order valence-electron chi connectivity index (χ4n) is 2.69. The van der Waals surface area contributed by atoms with E-state index in [0.29, 0.717) is 12.1 Å². The summed E-state index contributed by atoms with van der Waals surface area (Å²) in [6.07, 6.45) is 4.09. The van der Waals surface area contributed by atoms with E-state index in [1.807, 2.05) is 0 Å². The standard InChI is InChI=1S/C13H22N2S/c1-11(12-6-8-16-10-12)15-7-4-3-5-13(15)9-14-2/h6,8,10-11,13-14H,3-5,7,9H2,1-2H3. The number of rotatable bonds is 4. The molecule has 0 spiro atoms. The SMILES string of the molecule is CNCC1CCCCN1C(C)c1ccsc1. The second-order valence-electron chi connectivity index (χ2n) is 4.68. The highest BCUT2D eigenvalue weighted by Gasteiger charge is 2.26. The van der Waals surface area contributed by atoms with Crippen LogP contribution in [0.15, 0.2) is 16.8 Å². The summed E-state index contributed by atoms with van der Waals surface area (Å²) in [5.74, 6) is 0. The number of likely N-dealkylation sites (N-methyl/N-ethyl adjacent to an activating group) is 1. The average Bonchev–Trinajstić information content (AvgIpc) is 2.83. The van der Waals surface area contributed by atoms with Crippen molar-refractivity contribution in [3.8, 4) is 0 Å². The third kappa shape index (κ3) is 2.65. The van der Waals surface area contributed by atoms with Crippen LogP contribution in [0.3, 0.4) is 0 Å². The first-order valence-corrected chi connectivity index (χ1v) is 7.19. The van der Waals surface area contributed by atoms with Crippen molar-refractivity contribution < 1.29 is 0 Å². The Morgan fingerprint density at radius 1 is 1.56 bits per heavy atom. The normalized spacial score (nSPS) is 24.5. The van der Waals surface area contributed by atoms with E-state index in [-0.39, 0.29) is 0 Å². The fourth-order valence-corrected chi connectivity index (χ4v) is 3.44. The van der Waals surface area contributed by atoms with Crippen LogP contribution in [0.4, 0.5) is 0 Å². The summed E-state index contributed by atoms with van der Waals surface area (Å²) in [6, 6.07) is 3.55. The minimum Gasteiger partial charge on any atom is -0.318 e. The molecule has 0 radical (unpaired) electrons. The van der Waals surface area contributed by atoms with Gasteiger partial charge in [-0.3, -0.25) is 4.90 Å². The molecule has 2 atom stereocenters. The van der Waals surface area contributed by atoms with Crippen LogP contribution >= 0.6 is 11.3 Å². The number of thiophene rings is 1. The highest BCUT2D eigenvalue weighted by atomic mass is 32.1. The zero-order valence-electron chi connectivity index (χ0n) is 10.3. The van der Waals surface area contributed by atoms with Gasteiger partial charge in [-0.05, 0) is 55.7 Å². The zero-order chi connectivity index (χ0) is 11.4. The van der Waals surface area contributed by atoms with E-state index in [9.17, 15) is 0 Å². The van der Waals surface area contributed by atoms with Crippen molar-refractivity contribution in [3.63, 3.8) is 0 Å². The summed E-state index contributed by atoms with van der Waals surface area (Å²) >= 11 is 1.80. The van der Waals surface area contributed by atoms with E-state index < -0.39 is 0 Å². The van der Waals surface area contributed by atoms with Gasteiger partial charge in [0.15, 0.2) is 0 Å². The van der Waals surface area contributed by atoms with Gasteiger partial charge in [-0.2, -0.15) is 11.3 Å². The summed E-state index contributed by atoms with van der Waals surface area (Å²) < 4.78 is 0. The number of hydrogen-bond acceptors (Lipinski definition) is 3. The Morgan fingerprint density at radius 3 is 3.12 bits per heavy atom. The van der Waals surface area contributed by atoms with Crippen LogP contribution in [-0.4, -0.2) is 31.1 Å². The van der Waals surface area contributed by atoms with Crippen molar-refractivity contribution in [3.05, 3.63) is 22.4 Å². The molecule has 3 heteroatoms. The molecule has 2 rings (SSSR count). The molecule has 1 N–H and O–H groups in total. The Morgan fingerprint density at radius 2 is 2.44 bits per heavy atom. The maximum atomic E-state index is 3.33. The Labute approximate surface area is 103 Å². The summed E-state index contributed by atoms with van der Waals surface area (Å²) in [4.78, 5) is 2.67. The monoisotopic (exact) mass is 238 g/mol. The molecule has 0 aliphatic carbocycles. The third-order valence-corrected chi connectivity index (χ3v) is 4.34. The van der Waals surface area contributed by atoms with Gasteiger partial charge in [0.25, 0.3) is 0 Å². The van der Waals surface area contributed by atoms with Gasteiger partial charge in [0.2, 0.25) is 0 Å². The zero-order valence-corrected chi connectivity index (χ0v) is 11.1. The van der Waals surface area contributed by atoms with Crippen molar-refractivity contribution in [2.75, 3.05) is 20.1 Å². The molecule has 1 aromatic rings. The molecule has 16 heavy (non-hydrogen) atoms. The van der Waals surface area contributed by atoms with Crippen molar-refractivity contribution in [2.45, 2.75) is 38.3 Å². The molecule has 90 valence electrons. The fraction of sp³-hybridized carbons (Fsp3) is 0.692. The number of hydrogen-bond donors (Lipinski definition) is 1. The van der Waals surface area contributed by atoms with Crippen molar-refractivity contribution in [2.24, 2.45) is 0 Å². The number of nitrogens with one attached hydrogen (secondary N) is 1. The van der Waals surface area contributed by atoms with Crippen molar-refractivity contribution in [1.29, 1.82) is 0 Å². The average molecular weight is 238 g/mol. The summed E-state index contributed by atoms with van der Waals surface area (Å²) in [5.41, 5.74) is 1.48. The molecule has 2 nitrogen and oxygen atoms in total. The number of nitrogens with zero attached hydrogens (tertiary/aromatic N) is 1. The molecule has 0 saturated carbocycles. The molecule has 1 saturated heterocycles. The van der Waals surface area contributed by atoms with Gasteiger partial charge < -0.3 is 5.32 Å². The van der Waals surface area contributed by atoms with Gasteiger partial charge in [0.1, 0.15) is 0 Å². The van der Waals surface area contributed by atoms with E-state index in [0.717, 1.165) is 6.54 Å². The van der Waals surface area contributed by atoms with E-state index >= 15 is 0 Å². The van der Waals surface area contributed by atoms with E-state index in [4.69, 9.17) is 0 Å². The smallest absolute Gasteiger partial charge is 0.0331 e. The topological polar surface area (TPSA) is 15.3 Å². The minimum absolute atomic E-state index is 0.574. The summed E-state index contributed by atoms with van der Waals surface area (Å²) in [7, 11) is 2.06. The molecule has 0 bridgehead atoms. The predicted octanol–water partition coefficient (Wildman–Crippen LogP) is 2.88. The van der Waals surface area contributed by atoms with Crippen LogP contribution in [0, 0.1) is 0 Å². The highest BCUT2D eigenvalue weighted by Crippen LogP contribution is 2.29. The van der Waals surface area contributed by atoms with Gasteiger partial charge >= 0.3 is 0 Å². The Balaban J connectivity index is 2.04. The van der Waals surface area contributed by atoms with Crippen molar-refractivity contribution in [1.82, 2.24) is 10.2 Å². The van der Waals surface area contributed by atoms with Gasteiger partial charge in [-0.25, -0.2) is 0 Å². The van der Waals surface area contributed by atoms with Crippen LogP contribution < -0.4 is 5.32 Å². The minimum atomic E-state index is 0.574. The molecule has 1 aliphatic rings. The van der Waals surface area contributed by atoms with Crippen LogP contribution in [-0.2, 0) is 0 Å². The number of likely N-dealkylation sites (tertiary alicyclic amines) is 1. The first-order valence-electron chi connectivity index (χ1n) is 6.25. The molecule has 0 aromatic carbocycles. The van der Waals surface area contributed by atoms with Crippen molar-refractivity contribution >= 4 is 11.3 Å². The lowest BCUT2D eigenvalue weighted by molar-refractivity contribution is 0.103. The summed E-state index contributed by atoms with van der Waals surface area (Å²) in [5, 5.41) is 7.80. The maximum absolute atomic E-state index is 3.33. The lowest BCUT2D eigenvalue weighted by Gasteiger charge is -2.39. The molecule has 0 amide bonds. The lowest BCUT2D eigenvalue weighted by atomic mass is 9.98. The molecule has 1 fully saturated rings. The van der Waals surface area contributed by atoms with Crippen LogP contribution in [0.2, 0.25) is 0 Å².